The van der Waals surface area contributed by atoms with Crippen LogP contribution in [0.25, 0.3) is 0 Å². The highest BCUT2D eigenvalue weighted by molar-refractivity contribution is 8.02. The Bertz CT molecular complexity index is 1400. The van der Waals surface area contributed by atoms with Crippen LogP contribution in [-0.2, 0) is 6.54 Å². The second-order valence-electron chi connectivity index (χ2n) is 7.52. The van der Waals surface area contributed by atoms with Crippen LogP contribution in [0.4, 0.5) is 11.5 Å². The number of carbonyl (C=O) groups is 2. The number of pyridine rings is 1. The molecule has 2 amide bonds. The molecule has 0 aliphatic carbocycles. The Morgan fingerprint density at radius 3 is 2.55 bits per heavy atom. The molecule has 2 aromatic heterocycles. The van der Waals surface area contributed by atoms with Gasteiger partial charge in [-0.15, -0.1) is 23.1 Å². The lowest BCUT2D eigenvalue weighted by Crippen LogP contribution is -2.19. The quantitative estimate of drug-likeness (QED) is 0.196. The second kappa shape index (κ2) is 13.2. The van der Waals surface area contributed by atoms with Crippen molar-refractivity contribution in [3.8, 4) is 5.75 Å². The normalized spacial score (nSPS) is 11.2. The summed E-state index contributed by atoms with van der Waals surface area (Å²) >= 11 is 20.9. The molecule has 0 atom stereocenters. The van der Waals surface area contributed by atoms with Gasteiger partial charge in [0.05, 0.1) is 33.3 Å². The zero-order valence-corrected chi connectivity index (χ0v) is 24.0. The zero-order valence-electron chi connectivity index (χ0n) is 20.1. The third-order valence-corrected chi connectivity index (χ3v) is 7.80. The fraction of sp³-hybridized carbons (Fsp3) is 0.174. The number of anilines is 2. The Hall–Kier alpha value is -3.03. The van der Waals surface area contributed by atoms with E-state index in [1.54, 1.807) is 29.6 Å². The Balaban J connectivity index is 1.88. The van der Waals surface area contributed by atoms with Gasteiger partial charge in [0, 0.05) is 36.4 Å². The molecule has 200 valence electrons. The maximum Gasteiger partial charge on any atom is 0.267 e. The number of halogens is 3. The molecule has 10 nitrogen and oxygen atoms in total. The number of thiophene rings is 1. The summed E-state index contributed by atoms with van der Waals surface area (Å²) in [5.74, 6) is -0.791. The number of ether oxygens (including phenoxy) is 1. The van der Waals surface area contributed by atoms with Crippen LogP contribution >= 0.6 is 57.9 Å². The van der Waals surface area contributed by atoms with E-state index in [-0.39, 0.29) is 44.3 Å². The first-order valence-electron chi connectivity index (χ1n) is 10.5. The lowest BCUT2D eigenvalue weighted by molar-refractivity contribution is -0.403. The standard InChI is InChI=1S/C23H20Cl3N5O5S2/c1-30(18(37-3)10-31(34)35)9-12-11-38-21(19(12)26)23(33)29-20-15(6-14(25)7-16(20)36-2)22(32)28-17-5-4-13(24)8-27-17/h4-8,10-11H,9H2,1-3H3,(H,29,33)(H,27,28,32). The van der Waals surface area contributed by atoms with Gasteiger partial charge in [-0.3, -0.25) is 19.7 Å². The first-order valence-corrected chi connectivity index (χ1v) is 13.8. The maximum absolute atomic E-state index is 13.2. The van der Waals surface area contributed by atoms with Gasteiger partial charge in [-0.25, -0.2) is 4.98 Å². The summed E-state index contributed by atoms with van der Waals surface area (Å²) in [6.07, 6.45) is 4.00. The minimum atomic E-state index is -0.599. The topological polar surface area (TPSA) is 127 Å². The number of amides is 2. The second-order valence-corrected chi connectivity index (χ2v) is 10.5. The van der Waals surface area contributed by atoms with Gasteiger partial charge in [-0.05, 0) is 29.8 Å². The van der Waals surface area contributed by atoms with Crippen LogP contribution in [-0.4, -0.2) is 47.0 Å². The monoisotopic (exact) mass is 615 g/mol. The van der Waals surface area contributed by atoms with Crippen LogP contribution in [0.15, 0.2) is 47.1 Å². The minimum Gasteiger partial charge on any atom is -0.494 e. The lowest BCUT2D eigenvalue weighted by atomic mass is 10.1. The summed E-state index contributed by atoms with van der Waals surface area (Å²) < 4.78 is 5.37. The molecule has 0 bridgehead atoms. The van der Waals surface area contributed by atoms with Gasteiger partial charge in [0.15, 0.2) is 0 Å². The molecule has 0 fully saturated rings. The van der Waals surface area contributed by atoms with Crippen molar-refractivity contribution in [3.05, 3.63) is 88.3 Å². The van der Waals surface area contributed by atoms with Crippen molar-refractivity contribution >= 4 is 81.2 Å². The van der Waals surface area contributed by atoms with E-state index in [0.717, 1.165) is 17.5 Å². The van der Waals surface area contributed by atoms with Crippen molar-refractivity contribution in [2.24, 2.45) is 0 Å². The number of nitrogens with one attached hydrogen (secondary N) is 2. The highest BCUT2D eigenvalue weighted by Crippen LogP contribution is 2.36. The van der Waals surface area contributed by atoms with Gasteiger partial charge in [0.25, 0.3) is 18.0 Å². The largest absolute Gasteiger partial charge is 0.494 e. The Labute approximate surface area is 241 Å². The van der Waals surface area contributed by atoms with Crippen molar-refractivity contribution in [2.45, 2.75) is 6.54 Å². The highest BCUT2D eigenvalue weighted by atomic mass is 35.5. The molecule has 3 rings (SSSR count). The Morgan fingerprint density at radius 1 is 1.21 bits per heavy atom. The number of benzene rings is 1. The summed E-state index contributed by atoms with van der Waals surface area (Å²) in [4.78, 5) is 42.5. The first-order chi connectivity index (χ1) is 18.0. The number of hydrogen-bond acceptors (Lipinski definition) is 9. The number of aromatic nitrogens is 1. The van der Waals surface area contributed by atoms with Crippen molar-refractivity contribution in [1.82, 2.24) is 9.88 Å². The number of carbonyl (C=O) groups excluding carboxylic acids is 2. The van der Waals surface area contributed by atoms with E-state index in [1.165, 1.54) is 43.3 Å². The summed E-state index contributed by atoms with van der Waals surface area (Å²) in [5.41, 5.74) is 0.708. The summed E-state index contributed by atoms with van der Waals surface area (Å²) in [6.45, 7) is 0.231. The molecule has 3 aromatic rings. The van der Waals surface area contributed by atoms with Crippen molar-refractivity contribution in [1.29, 1.82) is 0 Å². The fourth-order valence-corrected chi connectivity index (χ4v) is 5.36. The van der Waals surface area contributed by atoms with Crippen molar-refractivity contribution < 1.29 is 19.2 Å². The number of methoxy groups -OCH3 is 1. The third kappa shape index (κ3) is 7.29. The first kappa shape index (κ1) is 29.5. The molecule has 2 N–H and O–H groups in total. The van der Waals surface area contributed by atoms with E-state index in [1.807, 2.05) is 0 Å². The molecule has 0 spiro atoms. The molecular formula is C23H20Cl3N5O5S2. The average molecular weight is 617 g/mol. The molecule has 2 heterocycles. The number of rotatable bonds is 10. The Morgan fingerprint density at radius 2 is 1.95 bits per heavy atom. The highest BCUT2D eigenvalue weighted by Gasteiger charge is 2.24. The predicted octanol–water partition coefficient (Wildman–Crippen LogP) is 6.49. The number of nitrogens with zero attached hydrogens (tertiary/aromatic N) is 3. The van der Waals surface area contributed by atoms with Gasteiger partial charge in [-0.1, -0.05) is 34.8 Å². The van der Waals surface area contributed by atoms with Crippen molar-refractivity contribution in [3.63, 3.8) is 0 Å². The summed E-state index contributed by atoms with van der Waals surface area (Å²) in [6, 6.07) is 5.92. The van der Waals surface area contributed by atoms with Crippen LogP contribution in [0.1, 0.15) is 25.6 Å². The van der Waals surface area contributed by atoms with E-state index in [4.69, 9.17) is 39.5 Å². The lowest BCUT2D eigenvalue weighted by Gasteiger charge is -2.18. The zero-order chi connectivity index (χ0) is 28.0. The molecular weight excluding hydrogens is 597 g/mol. The molecule has 0 saturated carbocycles. The van der Waals surface area contributed by atoms with Crippen molar-refractivity contribution in [2.75, 3.05) is 31.0 Å². The number of thioether (sulfide) groups is 1. The summed E-state index contributed by atoms with van der Waals surface area (Å²) in [5, 5.41) is 19.1. The van der Waals surface area contributed by atoms with E-state index >= 15 is 0 Å². The molecule has 0 radical (unpaired) electrons. The Kier molecular flexibility index (Phi) is 10.2. The van der Waals surface area contributed by atoms with Gasteiger partial charge in [0.1, 0.15) is 21.5 Å². The average Bonchev–Trinajstić information content (AvgIpc) is 3.24. The van der Waals surface area contributed by atoms with E-state index < -0.39 is 16.7 Å². The number of hydrogen-bond donors (Lipinski definition) is 2. The maximum atomic E-state index is 13.2. The SMILES string of the molecule is COc1cc(Cl)cc(C(=O)Nc2ccc(Cl)cn2)c1NC(=O)c1scc(CN(C)C(=C[N+](=O)[O-])SC)c1Cl. The smallest absolute Gasteiger partial charge is 0.267 e. The molecule has 0 aliphatic rings. The van der Waals surface area contributed by atoms with Gasteiger partial charge < -0.3 is 20.3 Å². The predicted molar refractivity (Wildman–Crippen MR) is 153 cm³/mol. The molecule has 0 saturated heterocycles. The molecule has 1 aromatic carbocycles. The van der Waals surface area contributed by atoms with Crippen LogP contribution in [0.3, 0.4) is 0 Å². The van der Waals surface area contributed by atoms with Crippen LogP contribution in [0.5, 0.6) is 5.75 Å². The molecule has 15 heteroatoms. The molecule has 0 aliphatic heterocycles. The van der Waals surface area contributed by atoms with Crippen LogP contribution in [0.2, 0.25) is 15.1 Å². The van der Waals surface area contributed by atoms with E-state index in [0.29, 0.717) is 15.6 Å². The third-order valence-electron chi connectivity index (χ3n) is 4.95. The van der Waals surface area contributed by atoms with Crippen LogP contribution in [0, 0.1) is 10.1 Å². The van der Waals surface area contributed by atoms with Crippen LogP contribution < -0.4 is 15.4 Å². The molecule has 38 heavy (non-hydrogen) atoms. The van der Waals surface area contributed by atoms with Gasteiger partial charge in [0.2, 0.25) is 0 Å². The number of nitro groups is 1. The minimum absolute atomic E-state index is 0.0293. The van der Waals surface area contributed by atoms with E-state index in [2.05, 4.69) is 15.6 Å². The van der Waals surface area contributed by atoms with Gasteiger partial charge >= 0.3 is 0 Å². The van der Waals surface area contributed by atoms with Gasteiger partial charge in [-0.2, -0.15) is 0 Å². The fourth-order valence-electron chi connectivity index (χ4n) is 3.22. The summed E-state index contributed by atoms with van der Waals surface area (Å²) in [7, 11) is 3.05. The van der Waals surface area contributed by atoms with E-state index in [9.17, 15) is 19.7 Å². The molecule has 0 unspecified atom stereocenters.